The molecule has 1 heterocycles. The van der Waals surface area contributed by atoms with E-state index in [-0.39, 0.29) is 24.7 Å². The molecule has 0 aromatic carbocycles. The van der Waals surface area contributed by atoms with Crippen LogP contribution in [0.3, 0.4) is 0 Å². The number of rotatable bonds is 4. The molecule has 3 atom stereocenters. The summed E-state index contributed by atoms with van der Waals surface area (Å²) in [6.45, 7) is 5.41. The van der Waals surface area contributed by atoms with Gasteiger partial charge in [0.1, 0.15) is 11.6 Å². The zero-order chi connectivity index (χ0) is 15.6. The lowest BCUT2D eigenvalue weighted by Gasteiger charge is -2.36. The Balaban J connectivity index is 2.42. The van der Waals surface area contributed by atoms with Crippen LogP contribution in [-0.2, 0) is 23.9 Å². The van der Waals surface area contributed by atoms with Crippen LogP contribution in [0.5, 0.6) is 0 Å². The van der Waals surface area contributed by atoms with E-state index in [1.54, 1.807) is 12.2 Å². The van der Waals surface area contributed by atoms with Crippen LogP contribution >= 0.6 is 0 Å². The van der Waals surface area contributed by atoms with Gasteiger partial charge in [-0.1, -0.05) is 6.08 Å². The van der Waals surface area contributed by atoms with Crippen LogP contribution in [0, 0.1) is 0 Å². The predicted molar refractivity (Wildman–Crippen MR) is 74.4 cm³/mol. The standard InChI is InChI=1S/C15H19NO5/c1-4-7-16-12(14(19)20-3)9-15(21-10(2)17)6-5-11(18)8-13(15)16/h4-6,12-13H,1,7-9H2,2-3H3/t12-,13+,15-/m0/s1. The van der Waals surface area contributed by atoms with Gasteiger partial charge in [0.2, 0.25) is 0 Å². The number of ether oxygens (including phenoxy) is 2. The highest BCUT2D eigenvalue weighted by Gasteiger charge is 2.57. The topological polar surface area (TPSA) is 72.9 Å². The minimum atomic E-state index is -0.957. The molecular weight excluding hydrogens is 274 g/mol. The average molecular weight is 293 g/mol. The molecule has 0 aromatic rings. The highest BCUT2D eigenvalue weighted by Crippen LogP contribution is 2.42. The molecule has 0 radical (unpaired) electrons. The molecule has 2 aliphatic rings. The number of allylic oxidation sites excluding steroid dienone is 1. The largest absolute Gasteiger partial charge is 0.468 e. The van der Waals surface area contributed by atoms with Gasteiger partial charge < -0.3 is 9.47 Å². The van der Waals surface area contributed by atoms with Crippen molar-refractivity contribution in [3.63, 3.8) is 0 Å². The fourth-order valence-electron chi connectivity index (χ4n) is 3.18. The maximum absolute atomic E-state index is 12.0. The molecule has 114 valence electrons. The minimum absolute atomic E-state index is 0.0534. The summed E-state index contributed by atoms with van der Waals surface area (Å²) in [5.74, 6) is -0.899. The number of hydrogen-bond acceptors (Lipinski definition) is 6. The van der Waals surface area contributed by atoms with Crippen molar-refractivity contribution in [1.29, 1.82) is 0 Å². The van der Waals surface area contributed by atoms with E-state index in [1.165, 1.54) is 20.1 Å². The molecular formula is C15H19NO5. The van der Waals surface area contributed by atoms with Gasteiger partial charge in [-0.25, -0.2) is 0 Å². The monoisotopic (exact) mass is 293 g/mol. The summed E-state index contributed by atoms with van der Waals surface area (Å²) in [5, 5.41) is 0. The third-order valence-electron chi connectivity index (χ3n) is 3.97. The third kappa shape index (κ3) is 2.76. The van der Waals surface area contributed by atoms with Gasteiger partial charge in [-0.05, 0) is 12.2 Å². The first kappa shape index (κ1) is 15.4. The van der Waals surface area contributed by atoms with Crippen molar-refractivity contribution in [2.24, 2.45) is 0 Å². The molecule has 0 saturated carbocycles. The molecule has 0 aromatic heterocycles. The van der Waals surface area contributed by atoms with E-state index in [0.29, 0.717) is 6.54 Å². The highest BCUT2D eigenvalue weighted by atomic mass is 16.6. The second kappa shape index (κ2) is 5.81. The smallest absolute Gasteiger partial charge is 0.323 e. The molecule has 0 N–H and O–H groups in total. The first-order valence-corrected chi connectivity index (χ1v) is 6.79. The molecule has 0 spiro atoms. The van der Waals surface area contributed by atoms with E-state index in [9.17, 15) is 14.4 Å². The number of nitrogens with zero attached hydrogens (tertiary/aromatic N) is 1. The van der Waals surface area contributed by atoms with Crippen LogP contribution in [0.2, 0.25) is 0 Å². The van der Waals surface area contributed by atoms with Crippen molar-refractivity contribution in [3.05, 3.63) is 24.8 Å². The average Bonchev–Trinajstić information content (AvgIpc) is 2.73. The van der Waals surface area contributed by atoms with E-state index in [2.05, 4.69) is 6.58 Å². The Labute approximate surface area is 123 Å². The van der Waals surface area contributed by atoms with E-state index in [1.807, 2.05) is 4.90 Å². The summed E-state index contributed by atoms with van der Waals surface area (Å²) in [5.41, 5.74) is -0.957. The number of methoxy groups -OCH3 is 1. The van der Waals surface area contributed by atoms with Crippen molar-refractivity contribution < 1.29 is 23.9 Å². The van der Waals surface area contributed by atoms with Gasteiger partial charge in [-0.3, -0.25) is 19.3 Å². The first-order valence-electron chi connectivity index (χ1n) is 6.79. The maximum atomic E-state index is 12.0. The van der Waals surface area contributed by atoms with Crippen LogP contribution in [0.15, 0.2) is 24.8 Å². The lowest BCUT2D eigenvalue weighted by atomic mass is 9.84. The predicted octanol–water partition coefficient (Wildman–Crippen LogP) is 0.619. The van der Waals surface area contributed by atoms with Gasteiger partial charge in [0.05, 0.1) is 13.2 Å². The van der Waals surface area contributed by atoms with E-state index < -0.39 is 23.6 Å². The molecule has 0 amide bonds. The van der Waals surface area contributed by atoms with Crippen molar-refractivity contribution >= 4 is 17.7 Å². The van der Waals surface area contributed by atoms with Crippen LogP contribution < -0.4 is 0 Å². The van der Waals surface area contributed by atoms with Crippen LogP contribution in [0.1, 0.15) is 19.8 Å². The second-order valence-electron chi connectivity index (χ2n) is 5.30. The quantitative estimate of drug-likeness (QED) is 0.559. The Bertz CT molecular complexity index is 512. The van der Waals surface area contributed by atoms with Gasteiger partial charge in [0, 0.05) is 26.3 Å². The van der Waals surface area contributed by atoms with Crippen LogP contribution in [0.25, 0.3) is 0 Å². The van der Waals surface area contributed by atoms with E-state index >= 15 is 0 Å². The number of ketones is 1. The number of hydrogen-bond donors (Lipinski definition) is 0. The lowest BCUT2D eigenvalue weighted by molar-refractivity contribution is -0.156. The summed E-state index contributed by atoms with van der Waals surface area (Å²) in [4.78, 5) is 37.0. The van der Waals surface area contributed by atoms with Crippen molar-refractivity contribution in [2.75, 3.05) is 13.7 Å². The van der Waals surface area contributed by atoms with Gasteiger partial charge in [0.25, 0.3) is 0 Å². The van der Waals surface area contributed by atoms with Crippen molar-refractivity contribution in [1.82, 2.24) is 4.90 Å². The number of esters is 2. The van der Waals surface area contributed by atoms with Crippen molar-refractivity contribution in [2.45, 2.75) is 37.5 Å². The van der Waals surface area contributed by atoms with E-state index in [4.69, 9.17) is 9.47 Å². The number of likely N-dealkylation sites (tertiary alicyclic amines) is 1. The molecule has 6 heteroatoms. The Hall–Kier alpha value is -1.95. The molecule has 1 aliphatic carbocycles. The Morgan fingerprint density at radius 3 is 2.86 bits per heavy atom. The molecule has 0 unspecified atom stereocenters. The summed E-state index contributed by atoms with van der Waals surface area (Å²) in [6.07, 6.45) is 5.16. The molecule has 21 heavy (non-hydrogen) atoms. The van der Waals surface area contributed by atoms with E-state index in [0.717, 1.165) is 0 Å². The van der Waals surface area contributed by atoms with Gasteiger partial charge in [0.15, 0.2) is 5.78 Å². The molecule has 1 fully saturated rings. The lowest BCUT2D eigenvalue weighted by Crippen LogP contribution is -2.50. The van der Waals surface area contributed by atoms with Gasteiger partial charge in [-0.2, -0.15) is 0 Å². The van der Waals surface area contributed by atoms with Gasteiger partial charge in [-0.15, -0.1) is 6.58 Å². The normalized spacial score (nSPS) is 31.6. The molecule has 6 nitrogen and oxygen atoms in total. The van der Waals surface area contributed by atoms with Crippen molar-refractivity contribution in [3.8, 4) is 0 Å². The summed E-state index contributed by atoms with van der Waals surface area (Å²) < 4.78 is 10.3. The molecule has 1 saturated heterocycles. The molecule has 1 aliphatic heterocycles. The zero-order valence-corrected chi connectivity index (χ0v) is 12.2. The fraction of sp³-hybridized carbons (Fsp3) is 0.533. The summed E-state index contributed by atoms with van der Waals surface area (Å²) >= 11 is 0. The Morgan fingerprint density at radius 1 is 1.57 bits per heavy atom. The van der Waals surface area contributed by atoms with Crippen LogP contribution in [0.4, 0.5) is 0 Å². The maximum Gasteiger partial charge on any atom is 0.323 e. The van der Waals surface area contributed by atoms with Crippen LogP contribution in [-0.4, -0.2) is 54.0 Å². The number of carbonyl (C=O) groups excluding carboxylic acids is 3. The fourth-order valence-corrected chi connectivity index (χ4v) is 3.18. The minimum Gasteiger partial charge on any atom is -0.468 e. The second-order valence-corrected chi connectivity index (χ2v) is 5.30. The Morgan fingerprint density at radius 2 is 2.29 bits per heavy atom. The third-order valence-corrected chi connectivity index (χ3v) is 3.97. The molecule has 0 bridgehead atoms. The molecule has 2 rings (SSSR count). The zero-order valence-electron chi connectivity index (χ0n) is 12.2. The summed E-state index contributed by atoms with van der Waals surface area (Å²) in [6, 6.07) is -0.936. The first-order chi connectivity index (χ1) is 9.93. The van der Waals surface area contributed by atoms with Gasteiger partial charge >= 0.3 is 11.9 Å². The number of carbonyl (C=O) groups is 3. The Kier molecular flexibility index (Phi) is 4.27. The summed E-state index contributed by atoms with van der Waals surface area (Å²) in [7, 11) is 1.32. The highest BCUT2D eigenvalue weighted by molar-refractivity contribution is 5.92. The number of fused-ring (bicyclic) bond motifs is 1. The SMILES string of the molecule is C=CCN1[C@H](C(=O)OC)C[C@@]2(OC(C)=O)C=CC(=O)C[C@@H]12.